The van der Waals surface area contributed by atoms with Gasteiger partial charge in [-0.1, -0.05) is 54.1 Å². The van der Waals surface area contributed by atoms with Gasteiger partial charge in [-0.3, -0.25) is 0 Å². The smallest absolute Gasteiger partial charge is 0.137 e. The van der Waals surface area contributed by atoms with Gasteiger partial charge in [0.1, 0.15) is 11.4 Å². The van der Waals surface area contributed by atoms with Crippen molar-refractivity contribution in [3.05, 3.63) is 89.7 Å². The molecule has 4 nitrogen and oxygen atoms in total. The van der Waals surface area contributed by atoms with E-state index in [1.54, 1.807) is 7.11 Å². The van der Waals surface area contributed by atoms with Crippen molar-refractivity contribution in [2.75, 3.05) is 7.11 Å². The van der Waals surface area contributed by atoms with Crippen molar-refractivity contribution in [1.82, 2.24) is 14.7 Å². The Morgan fingerprint density at radius 1 is 1.04 bits per heavy atom. The largest absolute Gasteiger partial charge is 0.496 e. The molecule has 0 aliphatic rings. The van der Waals surface area contributed by atoms with Gasteiger partial charge in [0, 0.05) is 29.9 Å². The van der Waals surface area contributed by atoms with Crippen LogP contribution in [0.15, 0.2) is 72.9 Å². The average molecular weight is 371 g/mol. The van der Waals surface area contributed by atoms with Gasteiger partial charge in [-0.2, -0.15) is 0 Å². The van der Waals surface area contributed by atoms with Crippen molar-refractivity contribution >= 4 is 5.65 Å². The molecule has 142 valence electrons. The van der Waals surface area contributed by atoms with E-state index in [9.17, 15) is 0 Å². The number of hydrogen-bond acceptors (Lipinski definition) is 3. The van der Waals surface area contributed by atoms with Gasteiger partial charge in [0.15, 0.2) is 0 Å². The third kappa shape index (κ3) is 3.51. The highest BCUT2D eigenvalue weighted by Gasteiger charge is 2.16. The lowest BCUT2D eigenvalue weighted by atomic mass is 10.0. The molecule has 1 unspecified atom stereocenters. The van der Waals surface area contributed by atoms with Crippen LogP contribution in [0, 0.1) is 6.92 Å². The predicted octanol–water partition coefficient (Wildman–Crippen LogP) is 5.17. The number of rotatable bonds is 6. The number of fused-ring (bicyclic) bond motifs is 1. The van der Waals surface area contributed by atoms with Gasteiger partial charge >= 0.3 is 0 Å². The third-order valence-electron chi connectivity index (χ3n) is 5.10. The minimum atomic E-state index is 0.146. The van der Waals surface area contributed by atoms with Crippen LogP contribution in [-0.2, 0) is 6.54 Å². The minimum absolute atomic E-state index is 0.146. The molecule has 0 amide bonds. The molecule has 0 spiro atoms. The summed E-state index contributed by atoms with van der Waals surface area (Å²) in [6.07, 6.45) is 2.07. The highest BCUT2D eigenvalue weighted by molar-refractivity contribution is 5.66. The Bertz CT molecular complexity index is 1090. The van der Waals surface area contributed by atoms with E-state index in [0.29, 0.717) is 6.54 Å². The molecule has 1 atom stereocenters. The number of nitrogens with one attached hydrogen (secondary N) is 1. The van der Waals surface area contributed by atoms with Crippen molar-refractivity contribution in [3.63, 3.8) is 0 Å². The molecule has 4 rings (SSSR count). The zero-order valence-electron chi connectivity index (χ0n) is 16.5. The monoisotopic (exact) mass is 371 g/mol. The summed E-state index contributed by atoms with van der Waals surface area (Å²) in [6, 6.07) is 22.9. The third-order valence-corrected chi connectivity index (χ3v) is 5.10. The first-order valence-corrected chi connectivity index (χ1v) is 9.56. The number of benzene rings is 2. The topological polar surface area (TPSA) is 38.6 Å². The first-order valence-electron chi connectivity index (χ1n) is 9.56. The van der Waals surface area contributed by atoms with Gasteiger partial charge in [-0.15, -0.1) is 0 Å². The fourth-order valence-corrected chi connectivity index (χ4v) is 3.59. The standard InChI is InChI=1S/C24H25N3O/c1-17-12-13-22(28-3)20(15-17)18(2)25-16-21-24(19-9-5-4-6-10-19)26-23-11-7-8-14-27(21)23/h4-15,18,25H,16H2,1-3H3. The lowest BCUT2D eigenvalue weighted by Gasteiger charge is -2.18. The van der Waals surface area contributed by atoms with Crippen LogP contribution in [0.4, 0.5) is 0 Å². The van der Waals surface area contributed by atoms with E-state index in [0.717, 1.165) is 33.9 Å². The highest BCUT2D eigenvalue weighted by atomic mass is 16.5. The fourth-order valence-electron chi connectivity index (χ4n) is 3.59. The van der Waals surface area contributed by atoms with Crippen LogP contribution < -0.4 is 10.1 Å². The maximum Gasteiger partial charge on any atom is 0.137 e. The highest BCUT2D eigenvalue weighted by Crippen LogP contribution is 2.28. The van der Waals surface area contributed by atoms with Crippen molar-refractivity contribution in [2.45, 2.75) is 26.4 Å². The Balaban J connectivity index is 1.67. The molecule has 0 fully saturated rings. The molecular formula is C24H25N3O. The Kier molecular flexibility index (Phi) is 5.13. The second kappa shape index (κ2) is 7.87. The lowest BCUT2D eigenvalue weighted by Crippen LogP contribution is -2.20. The van der Waals surface area contributed by atoms with E-state index < -0.39 is 0 Å². The summed E-state index contributed by atoms with van der Waals surface area (Å²) in [5, 5.41) is 3.66. The molecule has 2 aromatic heterocycles. The summed E-state index contributed by atoms with van der Waals surface area (Å²) < 4.78 is 7.73. The quantitative estimate of drug-likeness (QED) is 0.508. The molecule has 0 aliphatic heterocycles. The molecule has 2 heterocycles. The van der Waals surface area contributed by atoms with E-state index in [2.05, 4.69) is 66.2 Å². The fraction of sp³-hybridized carbons (Fsp3) is 0.208. The van der Waals surface area contributed by atoms with Crippen LogP contribution >= 0.6 is 0 Å². The van der Waals surface area contributed by atoms with Gasteiger partial charge in [-0.05, 0) is 32.0 Å². The first kappa shape index (κ1) is 18.3. The van der Waals surface area contributed by atoms with E-state index in [1.165, 1.54) is 5.56 Å². The molecular weight excluding hydrogens is 346 g/mol. The molecule has 4 aromatic rings. The normalized spacial score (nSPS) is 12.2. The molecule has 1 N–H and O–H groups in total. The number of ether oxygens (including phenoxy) is 1. The molecule has 28 heavy (non-hydrogen) atoms. The Hall–Kier alpha value is -3.11. The van der Waals surface area contributed by atoms with Crippen LogP contribution in [0.5, 0.6) is 5.75 Å². The molecule has 0 bridgehead atoms. The van der Waals surface area contributed by atoms with E-state index in [4.69, 9.17) is 9.72 Å². The number of methoxy groups -OCH3 is 1. The Labute approximate surface area is 165 Å². The summed E-state index contributed by atoms with van der Waals surface area (Å²) in [7, 11) is 1.72. The SMILES string of the molecule is COc1ccc(C)cc1C(C)NCc1c(-c2ccccc2)nc2ccccn12. The van der Waals surface area contributed by atoms with Crippen molar-refractivity contribution in [2.24, 2.45) is 0 Å². The zero-order chi connectivity index (χ0) is 19.5. The van der Waals surface area contributed by atoms with E-state index >= 15 is 0 Å². The summed E-state index contributed by atoms with van der Waals surface area (Å²) in [5.41, 5.74) is 6.65. The van der Waals surface area contributed by atoms with Gasteiger partial charge in [0.2, 0.25) is 0 Å². The number of hydrogen-bond donors (Lipinski definition) is 1. The molecule has 4 heteroatoms. The average Bonchev–Trinajstić information content (AvgIpc) is 3.11. The second-order valence-corrected chi connectivity index (χ2v) is 7.05. The van der Waals surface area contributed by atoms with Gasteiger partial charge in [0.05, 0.1) is 18.5 Å². The number of aryl methyl sites for hydroxylation is 1. The molecule has 0 radical (unpaired) electrons. The van der Waals surface area contributed by atoms with Gasteiger partial charge in [0.25, 0.3) is 0 Å². The van der Waals surface area contributed by atoms with E-state index in [-0.39, 0.29) is 6.04 Å². The number of imidazole rings is 1. The minimum Gasteiger partial charge on any atom is -0.496 e. The van der Waals surface area contributed by atoms with Crippen LogP contribution in [0.3, 0.4) is 0 Å². The van der Waals surface area contributed by atoms with Crippen molar-refractivity contribution in [1.29, 1.82) is 0 Å². The lowest BCUT2D eigenvalue weighted by molar-refractivity contribution is 0.401. The summed E-state index contributed by atoms with van der Waals surface area (Å²) >= 11 is 0. The summed E-state index contributed by atoms with van der Waals surface area (Å²) in [4.78, 5) is 4.88. The van der Waals surface area contributed by atoms with Crippen LogP contribution in [0.1, 0.15) is 29.8 Å². The maximum absolute atomic E-state index is 5.56. The van der Waals surface area contributed by atoms with Crippen molar-refractivity contribution < 1.29 is 4.74 Å². The Morgan fingerprint density at radius 3 is 2.61 bits per heavy atom. The number of aromatic nitrogens is 2. The maximum atomic E-state index is 5.56. The van der Waals surface area contributed by atoms with Gasteiger partial charge in [-0.25, -0.2) is 4.98 Å². The van der Waals surface area contributed by atoms with Crippen LogP contribution in [-0.4, -0.2) is 16.5 Å². The van der Waals surface area contributed by atoms with E-state index in [1.807, 2.05) is 30.3 Å². The predicted molar refractivity (Wildman–Crippen MR) is 114 cm³/mol. The summed E-state index contributed by atoms with van der Waals surface area (Å²) in [5.74, 6) is 0.909. The zero-order valence-corrected chi connectivity index (χ0v) is 16.5. The first-order chi connectivity index (χ1) is 13.7. The van der Waals surface area contributed by atoms with Gasteiger partial charge < -0.3 is 14.5 Å². The van der Waals surface area contributed by atoms with Crippen molar-refractivity contribution in [3.8, 4) is 17.0 Å². The molecule has 0 saturated heterocycles. The Morgan fingerprint density at radius 2 is 1.82 bits per heavy atom. The molecule has 0 saturated carbocycles. The van der Waals surface area contributed by atoms with Crippen LogP contribution in [0.25, 0.3) is 16.9 Å². The molecule has 0 aliphatic carbocycles. The second-order valence-electron chi connectivity index (χ2n) is 7.05. The number of nitrogens with zero attached hydrogens (tertiary/aromatic N) is 2. The van der Waals surface area contributed by atoms with Crippen LogP contribution in [0.2, 0.25) is 0 Å². The number of pyridine rings is 1. The summed E-state index contributed by atoms with van der Waals surface area (Å²) in [6.45, 7) is 4.98. The molecule has 2 aromatic carbocycles.